The molecule has 0 aliphatic carbocycles. The summed E-state index contributed by atoms with van der Waals surface area (Å²) >= 11 is 0. The molecule has 0 radical (unpaired) electrons. The molecule has 0 saturated carbocycles. The molecule has 0 aromatic carbocycles. The zero-order valence-corrected chi connectivity index (χ0v) is 19.5. The van der Waals surface area contributed by atoms with Gasteiger partial charge in [-0.15, -0.1) is 0 Å². The SMILES string of the molecule is CC(=O)N[C@H]1[C@@H](O[C@@H]2[C@@H](O)[C@H](C)OC(O)[C@@H]2O)O[C@H](CO)[C@@H](O)[C@@H]1O[C@H]1O[C@H](CO)[C@H](O)[C@H](O)[C@H]1O. The average Bonchev–Trinajstić information content (AvgIpc) is 2.83. The van der Waals surface area contributed by atoms with Crippen LogP contribution in [0.2, 0.25) is 0 Å². The van der Waals surface area contributed by atoms with Gasteiger partial charge in [-0.2, -0.15) is 0 Å². The molecule has 210 valence electrons. The van der Waals surface area contributed by atoms with E-state index >= 15 is 0 Å². The fourth-order valence-electron chi connectivity index (χ4n) is 4.40. The van der Waals surface area contributed by atoms with Gasteiger partial charge in [0.05, 0.1) is 19.3 Å². The van der Waals surface area contributed by atoms with Crippen LogP contribution in [0.5, 0.6) is 0 Å². The third kappa shape index (κ3) is 5.97. The number of nitrogens with one attached hydrogen (secondary N) is 1. The Morgan fingerprint density at radius 2 is 1.28 bits per heavy atom. The molecule has 36 heavy (non-hydrogen) atoms. The van der Waals surface area contributed by atoms with Crippen molar-refractivity contribution >= 4 is 5.91 Å². The summed E-state index contributed by atoms with van der Waals surface area (Å²) in [5.41, 5.74) is 0. The third-order valence-electron chi connectivity index (χ3n) is 6.45. The van der Waals surface area contributed by atoms with Crippen molar-refractivity contribution in [3.05, 3.63) is 0 Å². The van der Waals surface area contributed by atoms with Crippen molar-refractivity contribution in [3.63, 3.8) is 0 Å². The molecule has 1 amide bonds. The molecule has 0 bridgehead atoms. The second-order valence-corrected chi connectivity index (χ2v) is 9.05. The lowest BCUT2D eigenvalue weighted by molar-refractivity contribution is -0.362. The Hall–Kier alpha value is -1.09. The van der Waals surface area contributed by atoms with E-state index in [0.717, 1.165) is 6.92 Å². The maximum atomic E-state index is 12.0. The predicted octanol–water partition coefficient (Wildman–Crippen LogP) is -6.40. The van der Waals surface area contributed by atoms with Gasteiger partial charge in [0, 0.05) is 6.92 Å². The Balaban J connectivity index is 1.89. The molecule has 3 saturated heterocycles. The zero-order chi connectivity index (χ0) is 26.9. The van der Waals surface area contributed by atoms with Crippen molar-refractivity contribution in [2.75, 3.05) is 13.2 Å². The Morgan fingerprint density at radius 1 is 0.722 bits per heavy atom. The van der Waals surface area contributed by atoms with Gasteiger partial charge >= 0.3 is 0 Å². The van der Waals surface area contributed by atoms with Crippen LogP contribution < -0.4 is 5.32 Å². The average molecular weight is 529 g/mol. The van der Waals surface area contributed by atoms with Crippen molar-refractivity contribution in [2.24, 2.45) is 0 Å². The molecule has 15 atom stereocenters. The first-order valence-electron chi connectivity index (χ1n) is 11.4. The zero-order valence-electron chi connectivity index (χ0n) is 19.5. The van der Waals surface area contributed by atoms with E-state index in [4.69, 9.17) is 23.7 Å². The molecule has 0 spiro atoms. The number of hydrogen-bond donors (Lipinski definition) is 10. The molecule has 3 heterocycles. The van der Waals surface area contributed by atoms with Crippen LogP contribution >= 0.6 is 0 Å². The molecule has 16 nitrogen and oxygen atoms in total. The monoisotopic (exact) mass is 529 g/mol. The van der Waals surface area contributed by atoms with Crippen LogP contribution in [0, 0.1) is 0 Å². The number of ether oxygens (including phenoxy) is 5. The Kier molecular flexibility index (Phi) is 9.97. The predicted molar refractivity (Wildman–Crippen MR) is 111 cm³/mol. The number of carbonyl (C=O) groups is 1. The highest BCUT2D eigenvalue weighted by Crippen LogP contribution is 2.32. The molecule has 10 N–H and O–H groups in total. The van der Waals surface area contributed by atoms with Gasteiger partial charge in [0.2, 0.25) is 5.91 Å². The Labute approximate surface area is 205 Å². The van der Waals surface area contributed by atoms with E-state index in [9.17, 15) is 50.8 Å². The van der Waals surface area contributed by atoms with Crippen LogP contribution in [0.3, 0.4) is 0 Å². The maximum Gasteiger partial charge on any atom is 0.217 e. The summed E-state index contributed by atoms with van der Waals surface area (Å²) in [5.74, 6) is -0.657. The lowest BCUT2D eigenvalue weighted by atomic mass is 9.94. The smallest absolute Gasteiger partial charge is 0.217 e. The van der Waals surface area contributed by atoms with E-state index in [-0.39, 0.29) is 0 Å². The van der Waals surface area contributed by atoms with Crippen molar-refractivity contribution in [2.45, 2.75) is 106 Å². The molecular weight excluding hydrogens is 494 g/mol. The number of carbonyl (C=O) groups excluding carboxylic acids is 1. The standard InChI is InChI=1S/C20H35NO15/c1-5-10(25)17(15(30)18(31)32-5)36-19-9(21-6(2)24)16(12(27)8(4-23)33-19)35-20-14(29)13(28)11(26)7(3-22)34-20/h5,7-20,22-23,25-31H,3-4H2,1-2H3,(H,21,24)/t5-,7+,8+,9+,10-,11-,12+,13-,14+,15+,16+,17+,18?,19+,20+/m0/s1. The summed E-state index contributed by atoms with van der Waals surface area (Å²) in [6.07, 6.45) is -22.0. The number of hydrogen-bond acceptors (Lipinski definition) is 15. The number of amides is 1. The van der Waals surface area contributed by atoms with Crippen LogP contribution in [-0.2, 0) is 28.5 Å². The number of aliphatic hydroxyl groups is 9. The van der Waals surface area contributed by atoms with Crippen LogP contribution in [0.25, 0.3) is 0 Å². The fraction of sp³-hybridized carbons (Fsp3) is 0.950. The Morgan fingerprint density at radius 3 is 1.86 bits per heavy atom. The van der Waals surface area contributed by atoms with Gasteiger partial charge in [-0.1, -0.05) is 0 Å². The van der Waals surface area contributed by atoms with Crippen molar-refractivity contribution in [3.8, 4) is 0 Å². The van der Waals surface area contributed by atoms with E-state index in [0.29, 0.717) is 0 Å². The van der Waals surface area contributed by atoms with E-state index in [1.807, 2.05) is 0 Å². The van der Waals surface area contributed by atoms with Gasteiger partial charge in [0.25, 0.3) is 0 Å². The van der Waals surface area contributed by atoms with Gasteiger partial charge in [0.1, 0.15) is 67.1 Å². The molecule has 0 aromatic heterocycles. The summed E-state index contributed by atoms with van der Waals surface area (Å²) in [5, 5.41) is 93.5. The first-order chi connectivity index (χ1) is 16.9. The molecule has 0 aromatic rings. The van der Waals surface area contributed by atoms with Crippen LogP contribution in [0.4, 0.5) is 0 Å². The maximum absolute atomic E-state index is 12.0. The summed E-state index contributed by atoms with van der Waals surface area (Å²) in [7, 11) is 0. The highest BCUT2D eigenvalue weighted by molar-refractivity contribution is 5.73. The minimum atomic E-state index is -1.85. The lowest BCUT2D eigenvalue weighted by Gasteiger charge is -2.49. The number of rotatable bonds is 7. The second-order valence-electron chi connectivity index (χ2n) is 9.05. The fourth-order valence-corrected chi connectivity index (χ4v) is 4.40. The first-order valence-corrected chi connectivity index (χ1v) is 11.4. The summed E-state index contributed by atoms with van der Waals surface area (Å²) in [6, 6.07) is -1.41. The minimum absolute atomic E-state index is 0.657. The molecule has 3 fully saturated rings. The van der Waals surface area contributed by atoms with E-state index in [2.05, 4.69) is 5.32 Å². The van der Waals surface area contributed by atoms with Crippen molar-refractivity contribution in [1.29, 1.82) is 0 Å². The highest BCUT2D eigenvalue weighted by Gasteiger charge is 2.53. The summed E-state index contributed by atoms with van der Waals surface area (Å²) < 4.78 is 27.3. The van der Waals surface area contributed by atoms with Gasteiger partial charge < -0.3 is 75.0 Å². The minimum Gasteiger partial charge on any atom is -0.394 e. The van der Waals surface area contributed by atoms with Crippen LogP contribution in [0.15, 0.2) is 0 Å². The third-order valence-corrected chi connectivity index (χ3v) is 6.45. The topological polar surface area (TPSA) is 257 Å². The summed E-state index contributed by atoms with van der Waals surface area (Å²) in [4.78, 5) is 12.0. The highest BCUT2D eigenvalue weighted by atomic mass is 16.7. The van der Waals surface area contributed by atoms with Gasteiger partial charge in [-0.25, -0.2) is 0 Å². The molecule has 3 rings (SSSR count). The normalized spacial score (nSPS) is 50.0. The number of aliphatic hydroxyl groups excluding tert-OH is 9. The van der Waals surface area contributed by atoms with Crippen LogP contribution in [0.1, 0.15) is 13.8 Å². The molecule has 3 aliphatic rings. The van der Waals surface area contributed by atoms with Crippen LogP contribution in [-0.4, -0.2) is 157 Å². The molecule has 1 unspecified atom stereocenters. The largest absolute Gasteiger partial charge is 0.394 e. The lowest BCUT2D eigenvalue weighted by Crippen LogP contribution is -2.69. The van der Waals surface area contributed by atoms with Crippen molar-refractivity contribution in [1.82, 2.24) is 5.32 Å². The van der Waals surface area contributed by atoms with E-state index in [1.54, 1.807) is 0 Å². The van der Waals surface area contributed by atoms with E-state index < -0.39 is 111 Å². The van der Waals surface area contributed by atoms with Gasteiger partial charge in [-0.05, 0) is 6.92 Å². The molecule has 16 heteroatoms. The molecular formula is C20H35NO15. The van der Waals surface area contributed by atoms with Crippen molar-refractivity contribution < 1.29 is 74.4 Å². The molecule has 3 aliphatic heterocycles. The van der Waals surface area contributed by atoms with E-state index in [1.165, 1.54) is 6.92 Å². The summed E-state index contributed by atoms with van der Waals surface area (Å²) in [6.45, 7) is 1.01. The van der Waals surface area contributed by atoms with Gasteiger partial charge in [0.15, 0.2) is 18.9 Å². The quantitative estimate of drug-likeness (QED) is 0.147. The Bertz CT molecular complexity index is 715. The second kappa shape index (κ2) is 12.2. The van der Waals surface area contributed by atoms with Gasteiger partial charge in [-0.3, -0.25) is 4.79 Å². The first kappa shape index (κ1) is 29.5.